The molecule has 0 aromatic heterocycles. The van der Waals surface area contributed by atoms with E-state index in [4.69, 9.17) is 4.74 Å². The van der Waals surface area contributed by atoms with Crippen molar-refractivity contribution in [2.75, 3.05) is 0 Å². The predicted octanol–water partition coefficient (Wildman–Crippen LogP) is 5.05. The Bertz CT molecular complexity index is 1290. The van der Waals surface area contributed by atoms with Crippen LogP contribution in [0.3, 0.4) is 0 Å². The number of hydrogen-bond donors (Lipinski definition) is 0. The molecule has 164 valence electrons. The topological polar surface area (TPSA) is 107 Å². The summed E-state index contributed by atoms with van der Waals surface area (Å²) in [7, 11) is 0. The van der Waals surface area contributed by atoms with Crippen molar-refractivity contribution in [1.82, 2.24) is 4.90 Å². The number of hydrogen-bond acceptors (Lipinski definition) is 7. The summed E-state index contributed by atoms with van der Waals surface area (Å²) in [6, 6.07) is 20.9. The molecule has 0 N–H and O–H groups in total. The van der Waals surface area contributed by atoms with Crippen LogP contribution in [0.5, 0.6) is 5.75 Å². The van der Waals surface area contributed by atoms with Gasteiger partial charge in [-0.1, -0.05) is 48.5 Å². The zero-order valence-electron chi connectivity index (χ0n) is 17.0. The fraction of sp³-hybridized carbons (Fsp3) is 0.0417. The molecule has 0 bridgehead atoms. The van der Waals surface area contributed by atoms with Gasteiger partial charge in [0.05, 0.1) is 21.9 Å². The number of amides is 2. The van der Waals surface area contributed by atoms with Gasteiger partial charge in [0.25, 0.3) is 16.8 Å². The van der Waals surface area contributed by atoms with E-state index in [0.29, 0.717) is 5.56 Å². The molecular formula is C24H16N2O6S. The fourth-order valence-corrected chi connectivity index (χ4v) is 3.97. The Balaban J connectivity index is 1.49. The van der Waals surface area contributed by atoms with Crippen molar-refractivity contribution >= 4 is 40.6 Å². The molecule has 1 aliphatic heterocycles. The Morgan fingerprint density at radius 1 is 1.00 bits per heavy atom. The highest BCUT2D eigenvalue weighted by Crippen LogP contribution is 2.33. The molecular weight excluding hydrogens is 444 g/mol. The van der Waals surface area contributed by atoms with Crippen molar-refractivity contribution in [2.45, 2.75) is 6.54 Å². The lowest BCUT2D eigenvalue weighted by atomic mass is 10.2. The summed E-state index contributed by atoms with van der Waals surface area (Å²) in [5.74, 6) is -0.948. The van der Waals surface area contributed by atoms with Crippen LogP contribution in [0, 0.1) is 10.1 Å². The van der Waals surface area contributed by atoms with Crippen molar-refractivity contribution in [1.29, 1.82) is 0 Å². The molecule has 1 heterocycles. The second-order valence-electron chi connectivity index (χ2n) is 7.02. The maximum Gasteiger partial charge on any atom is 0.343 e. The van der Waals surface area contributed by atoms with E-state index in [0.717, 1.165) is 23.4 Å². The minimum atomic E-state index is -0.751. The van der Waals surface area contributed by atoms with Crippen LogP contribution in [-0.4, -0.2) is 26.9 Å². The number of rotatable bonds is 6. The molecule has 33 heavy (non-hydrogen) atoms. The number of nitrogens with zero attached hydrogens (tertiary/aromatic N) is 2. The van der Waals surface area contributed by atoms with Crippen LogP contribution in [0.25, 0.3) is 6.08 Å². The van der Waals surface area contributed by atoms with Crippen molar-refractivity contribution < 1.29 is 24.0 Å². The van der Waals surface area contributed by atoms with E-state index in [1.807, 2.05) is 30.3 Å². The number of imide groups is 1. The molecule has 2 amide bonds. The number of esters is 1. The maximum absolute atomic E-state index is 12.7. The molecule has 9 heteroatoms. The first-order valence-electron chi connectivity index (χ1n) is 9.77. The molecule has 3 aromatic carbocycles. The Kier molecular flexibility index (Phi) is 6.32. The zero-order valence-corrected chi connectivity index (χ0v) is 17.9. The zero-order chi connectivity index (χ0) is 23.4. The highest BCUT2D eigenvalue weighted by molar-refractivity contribution is 8.18. The summed E-state index contributed by atoms with van der Waals surface area (Å²) in [6.45, 7) is 0.184. The minimum Gasteiger partial charge on any atom is -0.423 e. The predicted molar refractivity (Wildman–Crippen MR) is 122 cm³/mol. The molecule has 4 rings (SSSR count). The van der Waals surface area contributed by atoms with Gasteiger partial charge in [-0.15, -0.1) is 0 Å². The van der Waals surface area contributed by atoms with E-state index in [1.165, 1.54) is 23.1 Å². The quantitative estimate of drug-likeness (QED) is 0.167. The summed E-state index contributed by atoms with van der Waals surface area (Å²) in [5.41, 5.74) is 1.22. The minimum absolute atomic E-state index is 0.0386. The third kappa shape index (κ3) is 5.16. The number of non-ortho nitro benzene ring substituents is 1. The van der Waals surface area contributed by atoms with Gasteiger partial charge in [-0.2, -0.15) is 0 Å². The first-order valence-corrected chi connectivity index (χ1v) is 10.6. The molecule has 0 aliphatic carbocycles. The first-order chi connectivity index (χ1) is 15.9. The summed E-state index contributed by atoms with van der Waals surface area (Å²) >= 11 is 0.844. The van der Waals surface area contributed by atoms with E-state index in [9.17, 15) is 24.5 Å². The van der Waals surface area contributed by atoms with Gasteiger partial charge in [0.1, 0.15) is 5.75 Å². The van der Waals surface area contributed by atoms with Crippen LogP contribution < -0.4 is 4.74 Å². The van der Waals surface area contributed by atoms with Gasteiger partial charge in [-0.25, -0.2) is 4.79 Å². The Labute approximate surface area is 192 Å². The fourth-order valence-electron chi connectivity index (χ4n) is 3.13. The standard InChI is InChI=1S/C24H16N2O6S/c27-22-21(33-24(29)25(22)15-16-6-2-1-3-7-16)13-17-8-4-11-20(12-17)32-23(28)18-9-5-10-19(14-18)26(30)31/h1-14H,15H2/b21-13-. The summed E-state index contributed by atoms with van der Waals surface area (Å²) in [6.07, 6.45) is 1.56. The van der Waals surface area contributed by atoms with Gasteiger partial charge in [0.2, 0.25) is 0 Å². The van der Waals surface area contributed by atoms with Crippen LogP contribution in [-0.2, 0) is 11.3 Å². The van der Waals surface area contributed by atoms with Crippen LogP contribution in [0.15, 0.2) is 83.8 Å². The third-order valence-electron chi connectivity index (χ3n) is 4.72. The van der Waals surface area contributed by atoms with Gasteiger partial charge < -0.3 is 4.74 Å². The number of thioether (sulfide) groups is 1. The van der Waals surface area contributed by atoms with Crippen molar-refractivity contribution in [2.24, 2.45) is 0 Å². The van der Waals surface area contributed by atoms with E-state index in [2.05, 4.69) is 0 Å². The number of nitro benzene ring substituents is 1. The molecule has 1 fully saturated rings. The lowest BCUT2D eigenvalue weighted by Gasteiger charge is -2.12. The van der Waals surface area contributed by atoms with E-state index in [1.54, 1.807) is 30.3 Å². The van der Waals surface area contributed by atoms with Crippen molar-refractivity contribution in [3.8, 4) is 5.75 Å². The van der Waals surface area contributed by atoms with E-state index < -0.39 is 16.8 Å². The molecule has 8 nitrogen and oxygen atoms in total. The Hall–Kier alpha value is -4.24. The number of carbonyl (C=O) groups is 3. The van der Waals surface area contributed by atoms with E-state index >= 15 is 0 Å². The second-order valence-corrected chi connectivity index (χ2v) is 8.02. The van der Waals surface area contributed by atoms with Crippen molar-refractivity contribution in [3.05, 3.63) is 111 Å². The normalized spacial score (nSPS) is 14.5. The van der Waals surface area contributed by atoms with Gasteiger partial charge in [-0.05, 0) is 47.2 Å². The Morgan fingerprint density at radius 3 is 2.52 bits per heavy atom. The number of nitro groups is 1. The molecule has 0 radical (unpaired) electrons. The highest BCUT2D eigenvalue weighted by Gasteiger charge is 2.34. The summed E-state index contributed by atoms with van der Waals surface area (Å²) < 4.78 is 5.33. The van der Waals surface area contributed by atoms with Gasteiger partial charge in [-0.3, -0.25) is 24.6 Å². The Morgan fingerprint density at radius 2 is 1.76 bits per heavy atom. The molecule has 0 spiro atoms. The van der Waals surface area contributed by atoms with Gasteiger partial charge >= 0.3 is 5.97 Å². The average molecular weight is 460 g/mol. The molecule has 0 saturated carbocycles. The number of ether oxygens (including phenoxy) is 1. The highest BCUT2D eigenvalue weighted by atomic mass is 32.2. The number of carbonyl (C=O) groups excluding carboxylic acids is 3. The van der Waals surface area contributed by atoms with Gasteiger partial charge in [0.15, 0.2) is 0 Å². The lowest BCUT2D eigenvalue weighted by Crippen LogP contribution is -2.27. The molecule has 1 saturated heterocycles. The largest absolute Gasteiger partial charge is 0.423 e. The smallest absolute Gasteiger partial charge is 0.343 e. The van der Waals surface area contributed by atoms with Crippen LogP contribution in [0.1, 0.15) is 21.5 Å². The SMILES string of the molecule is O=C(Oc1cccc(/C=C2\SC(=O)N(Cc3ccccc3)C2=O)c1)c1cccc([N+](=O)[O-])c1. The molecule has 0 atom stereocenters. The van der Waals surface area contributed by atoms with Gasteiger partial charge in [0, 0.05) is 12.1 Å². The average Bonchev–Trinajstić information content (AvgIpc) is 3.07. The molecule has 1 aliphatic rings. The first kappa shape index (κ1) is 22.0. The lowest BCUT2D eigenvalue weighted by molar-refractivity contribution is -0.384. The molecule has 3 aromatic rings. The van der Waals surface area contributed by atoms with Crippen molar-refractivity contribution in [3.63, 3.8) is 0 Å². The second kappa shape index (κ2) is 9.49. The van der Waals surface area contributed by atoms with Crippen LogP contribution in [0.4, 0.5) is 10.5 Å². The summed E-state index contributed by atoms with van der Waals surface area (Å²) in [5, 5.41) is 10.6. The van der Waals surface area contributed by atoms with Crippen LogP contribution in [0.2, 0.25) is 0 Å². The summed E-state index contributed by atoms with van der Waals surface area (Å²) in [4.78, 5) is 49.2. The third-order valence-corrected chi connectivity index (χ3v) is 5.62. The molecule has 0 unspecified atom stereocenters. The maximum atomic E-state index is 12.7. The monoisotopic (exact) mass is 460 g/mol. The van der Waals surface area contributed by atoms with Crippen LogP contribution >= 0.6 is 11.8 Å². The number of benzene rings is 3. The van der Waals surface area contributed by atoms with E-state index in [-0.39, 0.29) is 33.7 Å².